The Balaban J connectivity index is 1.79. The predicted octanol–water partition coefficient (Wildman–Crippen LogP) is 4.25. The smallest absolute Gasteiger partial charge is 0.243 e. The number of halogens is 1. The second-order valence-corrected chi connectivity index (χ2v) is 11.5. The number of methoxy groups -OCH3 is 2. The summed E-state index contributed by atoms with van der Waals surface area (Å²) in [4.78, 5) is 8.79. The van der Waals surface area contributed by atoms with Crippen molar-refractivity contribution >= 4 is 43.2 Å². The fraction of sp³-hybridized carbons (Fsp3) is 0.273. The van der Waals surface area contributed by atoms with Gasteiger partial charge in [0.2, 0.25) is 16.0 Å². The van der Waals surface area contributed by atoms with Crippen LogP contribution in [0.4, 0.5) is 5.95 Å². The van der Waals surface area contributed by atoms with Crippen LogP contribution in [-0.2, 0) is 16.4 Å². The molecule has 184 valence electrons. The first-order valence-corrected chi connectivity index (χ1v) is 13.7. The van der Waals surface area contributed by atoms with Crippen LogP contribution in [0.15, 0.2) is 46.4 Å². The summed E-state index contributed by atoms with van der Waals surface area (Å²) in [5.41, 5.74) is 1.91. The first kappa shape index (κ1) is 25.1. The van der Waals surface area contributed by atoms with Gasteiger partial charge in [-0.1, -0.05) is 6.07 Å². The highest BCUT2D eigenvalue weighted by molar-refractivity contribution is 9.10. The van der Waals surface area contributed by atoms with Crippen LogP contribution >= 0.6 is 27.3 Å². The Labute approximate surface area is 215 Å². The number of nitrogens with one attached hydrogen (secondary N) is 1. The molecule has 0 amide bonds. The molecule has 0 radical (unpaired) electrons. The van der Waals surface area contributed by atoms with E-state index in [2.05, 4.69) is 40.8 Å². The Kier molecular flexibility index (Phi) is 7.38. The van der Waals surface area contributed by atoms with Gasteiger partial charge in [0.1, 0.15) is 17.2 Å². The lowest BCUT2D eigenvalue weighted by atomic mass is 10.2. The highest BCUT2D eigenvalue weighted by atomic mass is 79.9. The molecule has 4 rings (SSSR count). The van der Waals surface area contributed by atoms with Gasteiger partial charge in [-0.3, -0.25) is 14.3 Å². The molecule has 0 bridgehead atoms. The van der Waals surface area contributed by atoms with E-state index in [-0.39, 0.29) is 12.4 Å². The van der Waals surface area contributed by atoms with E-state index in [9.17, 15) is 8.42 Å². The van der Waals surface area contributed by atoms with Crippen molar-refractivity contribution in [3.63, 3.8) is 0 Å². The molecule has 35 heavy (non-hydrogen) atoms. The minimum Gasteiger partial charge on any atom is -0.494 e. The summed E-state index contributed by atoms with van der Waals surface area (Å²) in [6.45, 7) is 3.48. The maximum Gasteiger partial charge on any atom is 0.243 e. The van der Waals surface area contributed by atoms with Gasteiger partial charge >= 0.3 is 0 Å². The van der Waals surface area contributed by atoms with Crippen molar-refractivity contribution in [1.29, 1.82) is 0 Å². The van der Waals surface area contributed by atoms with Gasteiger partial charge in [-0.15, -0.1) is 21.5 Å². The average molecular weight is 580 g/mol. The third kappa shape index (κ3) is 5.31. The SMILES string of the molecule is COc1cccc(OC)c1-n1c(NS(=O)(=O)[C@H](C)Cc2ccc(Br)cn2)nnc1-c1nc(C)cs1. The summed E-state index contributed by atoms with van der Waals surface area (Å²) in [5.74, 6) is 1.24. The van der Waals surface area contributed by atoms with E-state index < -0.39 is 15.3 Å². The van der Waals surface area contributed by atoms with Crippen LogP contribution in [0.25, 0.3) is 16.5 Å². The molecule has 10 nitrogen and oxygen atoms in total. The van der Waals surface area contributed by atoms with Crippen molar-refractivity contribution in [2.75, 3.05) is 18.9 Å². The average Bonchev–Trinajstić information content (AvgIpc) is 3.45. The Morgan fingerprint density at radius 1 is 1.14 bits per heavy atom. The number of ether oxygens (including phenoxy) is 2. The molecule has 0 spiro atoms. The van der Waals surface area contributed by atoms with Crippen LogP contribution in [-0.4, -0.2) is 52.6 Å². The minimum atomic E-state index is -3.88. The quantitative estimate of drug-likeness (QED) is 0.313. The predicted molar refractivity (Wildman–Crippen MR) is 138 cm³/mol. The molecule has 0 unspecified atom stereocenters. The molecular formula is C22H23BrN6O4S2. The van der Waals surface area contributed by atoms with Gasteiger partial charge in [0, 0.05) is 33.9 Å². The molecule has 1 N–H and O–H groups in total. The van der Waals surface area contributed by atoms with Crippen molar-refractivity contribution in [2.24, 2.45) is 0 Å². The van der Waals surface area contributed by atoms with Crippen LogP contribution in [0.5, 0.6) is 11.5 Å². The van der Waals surface area contributed by atoms with E-state index in [0.717, 1.165) is 10.2 Å². The number of aromatic nitrogens is 5. The van der Waals surface area contributed by atoms with Crippen molar-refractivity contribution < 1.29 is 17.9 Å². The molecule has 0 aliphatic rings. The van der Waals surface area contributed by atoms with Gasteiger partial charge in [-0.25, -0.2) is 13.4 Å². The zero-order chi connectivity index (χ0) is 25.2. The minimum absolute atomic E-state index is 0.00808. The third-order valence-corrected chi connectivity index (χ3v) is 8.27. The monoisotopic (exact) mass is 578 g/mol. The second-order valence-electron chi connectivity index (χ2n) is 7.62. The molecule has 0 saturated carbocycles. The van der Waals surface area contributed by atoms with Gasteiger partial charge in [-0.2, -0.15) is 0 Å². The van der Waals surface area contributed by atoms with E-state index in [0.29, 0.717) is 33.7 Å². The van der Waals surface area contributed by atoms with Gasteiger partial charge in [0.05, 0.1) is 19.5 Å². The number of anilines is 1. The zero-order valence-electron chi connectivity index (χ0n) is 19.4. The first-order valence-electron chi connectivity index (χ1n) is 10.4. The number of aryl methyl sites for hydroxylation is 1. The van der Waals surface area contributed by atoms with E-state index in [1.807, 2.05) is 18.4 Å². The van der Waals surface area contributed by atoms with Crippen molar-refractivity contribution in [2.45, 2.75) is 25.5 Å². The molecule has 0 aliphatic carbocycles. The second kappa shape index (κ2) is 10.3. The Hall–Kier alpha value is -3.03. The summed E-state index contributed by atoms with van der Waals surface area (Å²) in [5, 5.41) is 10.1. The fourth-order valence-corrected chi connectivity index (χ4v) is 5.35. The summed E-state index contributed by atoms with van der Waals surface area (Å²) in [7, 11) is -0.837. The van der Waals surface area contributed by atoms with E-state index >= 15 is 0 Å². The maximum absolute atomic E-state index is 13.3. The van der Waals surface area contributed by atoms with Gasteiger partial charge in [0.15, 0.2) is 10.8 Å². The Morgan fingerprint density at radius 2 is 1.86 bits per heavy atom. The van der Waals surface area contributed by atoms with Gasteiger partial charge < -0.3 is 9.47 Å². The number of pyridine rings is 1. The summed E-state index contributed by atoms with van der Waals surface area (Å²) in [6.07, 6.45) is 1.85. The van der Waals surface area contributed by atoms with E-state index in [1.54, 1.807) is 42.0 Å². The topological polar surface area (TPSA) is 121 Å². The number of rotatable bonds is 9. The first-order chi connectivity index (χ1) is 16.7. The Morgan fingerprint density at radius 3 is 2.43 bits per heavy atom. The maximum atomic E-state index is 13.3. The highest BCUT2D eigenvalue weighted by Crippen LogP contribution is 2.38. The Bertz CT molecular complexity index is 1410. The van der Waals surface area contributed by atoms with Crippen LogP contribution in [0.2, 0.25) is 0 Å². The third-order valence-electron chi connectivity index (χ3n) is 5.15. The van der Waals surface area contributed by atoms with E-state index in [4.69, 9.17) is 9.47 Å². The number of hydrogen-bond donors (Lipinski definition) is 1. The molecule has 0 aliphatic heterocycles. The summed E-state index contributed by atoms with van der Waals surface area (Å²) < 4.78 is 42.7. The number of thiazole rings is 1. The molecule has 1 aromatic carbocycles. The van der Waals surface area contributed by atoms with Crippen molar-refractivity contribution in [1.82, 2.24) is 24.7 Å². The van der Waals surface area contributed by atoms with Crippen molar-refractivity contribution in [3.8, 4) is 28.0 Å². The lowest BCUT2D eigenvalue weighted by Gasteiger charge is -2.18. The molecule has 13 heteroatoms. The zero-order valence-corrected chi connectivity index (χ0v) is 22.6. The molecule has 3 heterocycles. The number of benzene rings is 1. The number of sulfonamides is 1. The number of nitrogens with zero attached hydrogens (tertiary/aromatic N) is 5. The van der Waals surface area contributed by atoms with Gasteiger partial charge in [0.25, 0.3) is 0 Å². The lowest BCUT2D eigenvalue weighted by molar-refractivity contribution is 0.391. The van der Waals surface area contributed by atoms with Crippen LogP contribution in [0, 0.1) is 6.92 Å². The number of hydrogen-bond acceptors (Lipinski definition) is 9. The van der Waals surface area contributed by atoms with Crippen LogP contribution in [0.1, 0.15) is 18.3 Å². The molecular weight excluding hydrogens is 556 g/mol. The molecule has 3 aromatic heterocycles. The molecule has 4 aromatic rings. The van der Waals surface area contributed by atoms with Crippen LogP contribution in [0.3, 0.4) is 0 Å². The normalized spacial score (nSPS) is 12.4. The standard InChI is InChI=1S/C22H23BrN6O4S2/c1-13-12-34-21(25-13)20-26-27-22(29(20)19-17(32-3)6-5-7-18(19)33-4)28-35(30,31)14(2)10-16-9-8-15(23)11-24-16/h5-9,11-12,14H,10H2,1-4H3,(H,27,28)/t14-/m1/s1. The highest BCUT2D eigenvalue weighted by Gasteiger charge is 2.29. The summed E-state index contributed by atoms with van der Waals surface area (Å²) >= 11 is 4.71. The lowest BCUT2D eigenvalue weighted by Crippen LogP contribution is -2.28. The largest absolute Gasteiger partial charge is 0.494 e. The number of para-hydroxylation sites is 1. The fourth-order valence-electron chi connectivity index (χ4n) is 3.37. The molecule has 1 atom stereocenters. The van der Waals surface area contributed by atoms with Crippen molar-refractivity contribution in [3.05, 3.63) is 57.8 Å². The van der Waals surface area contributed by atoms with Gasteiger partial charge in [-0.05, 0) is 54.0 Å². The molecule has 0 fully saturated rings. The molecule has 0 saturated heterocycles. The van der Waals surface area contributed by atoms with E-state index in [1.165, 1.54) is 25.6 Å². The summed E-state index contributed by atoms with van der Waals surface area (Å²) in [6, 6.07) is 8.86. The van der Waals surface area contributed by atoms with Crippen LogP contribution < -0.4 is 14.2 Å².